The van der Waals surface area contributed by atoms with E-state index < -0.39 is 27.3 Å². The van der Waals surface area contributed by atoms with Gasteiger partial charge >= 0.3 is 0 Å². The molecule has 2 aromatic rings. The summed E-state index contributed by atoms with van der Waals surface area (Å²) >= 11 is 6.44. The van der Waals surface area contributed by atoms with Gasteiger partial charge in [0.2, 0.25) is 0 Å². The average Bonchev–Trinajstić information content (AvgIpc) is 3.14. The Morgan fingerprint density at radius 1 is 1.22 bits per heavy atom. The van der Waals surface area contributed by atoms with Gasteiger partial charge in [0.1, 0.15) is 11.4 Å². The van der Waals surface area contributed by atoms with Crippen LogP contribution < -0.4 is 14.4 Å². The minimum absolute atomic E-state index is 0.0272. The average molecular weight is 655 g/mol. The molecule has 2 aromatic carbocycles. The third kappa shape index (κ3) is 5.81. The van der Waals surface area contributed by atoms with Crippen LogP contribution in [0.15, 0.2) is 48.6 Å². The summed E-state index contributed by atoms with van der Waals surface area (Å²) in [4.78, 5) is 16.0. The van der Waals surface area contributed by atoms with E-state index in [2.05, 4.69) is 33.7 Å². The van der Waals surface area contributed by atoms with Crippen LogP contribution in [0.4, 0.5) is 5.69 Å². The van der Waals surface area contributed by atoms with E-state index in [0.29, 0.717) is 25.1 Å². The fourth-order valence-corrected chi connectivity index (χ4v) is 9.90. The minimum Gasteiger partial charge on any atom is -0.490 e. The first kappa shape index (κ1) is 32.4. The van der Waals surface area contributed by atoms with Crippen molar-refractivity contribution in [1.29, 1.82) is 0 Å². The second-order valence-corrected chi connectivity index (χ2v) is 16.8. The number of hydrogen-bond donors (Lipinski definition) is 2. The number of amides is 1. The number of carbonyl (C=O) groups excluding carboxylic acids is 1. The summed E-state index contributed by atoms with van der Waals surface area (Å²) < 4.78 is 29.4. The molecule has 1 amide bonds. The number of rotatable bonds is 2. The maximum atomic E-state index is 13.8. The lowest BCUT2D eigenvalue weighted by molar-refractivity contribution is -0.136. The summed E-state index contributed by atoms with van der Waals surface area (Å²) in [5.41, 5.74) is 2.73. The molecule has 2 aliphatic heterocycles. The quantitative estimate of drug-likeness (QED) is 0.307. The van der Waals surface area contributed by atoms with Gasteiger partial charge in [-0.15, -0.1) is 0 Å². The molecule has 0 saturated heterocycles. The van der Waals surface area contributed by atoms with E-state index >= 15 is 0 Å². The number of aliphatic hydroxyl groups is 1. The highest BCUT2D eigenvalue weighted by Gasteiger charge is 2.51. The molecule has 6 rings (SSSR count). The second-order valence-electron chi connectivity index (χ2n) is 13.9. The molecule has 9 heteroatoms. The summed E-state index contributed by atoms with van der Waals surface area (Å²) in [7, 11) is -1.28. The van der Waals surface area contributed by atoms with Gasteiger partial charge in [-0.3, -0.25) is 9.52 Å². The van der Waals surface area contributed by atoms with Crippen molar-refractivity contribution >= 4 is 38.8 Å². The number of nitrogens with zero attached hydrogens (tertiary/aromatic N) is 1. The number of halogens is 1. The number of ether oxygens (including phenoxy) is 2. The van der Waals surface area contributed by atoms with Crippen LogP contribution in [0.5, 0.6) is 5.75 Å². The van der Waals surface area contributed by atoms with Gasteiger partial charge in [0, 0.05) is 41.5 Å². The van der Waals surface area contributed by atoms with Crippen molar-refractivity contribution in [1.82, 2.24) is 4.72 Å². The summed E-state index contributed by atoms with van der Waals surface area (Å²) in [5.74, 6) is 4.64. The van der Waals surface area contributed by atoms with Crippen molar-refractivity contribution in [3.63, 3.8) is 0 Å². The molecule has 45 heavy (non-hydrogen) atoms. The molecule has 1 spiro atoms. The lowest BCUT2D eigenvalue weighted by Crippen LogP contribution is -2.57. The first-order valence-corrected chi connectivity index (χ1v) is 18.5. The molecule has 2 heterocycles. The molecule has 244 valence electrons. The fraction of sp³-hybridized carbons (Fsp3) is 0.556. The number of carbonyl (C=O) groups is 1. The van der Waals surface area contributed by atoms with Gasteiger partial charge in [0.25, 0.3) is 5.91 Å². The molecule has 0 aromatic heterocycles. The van der Waals surface area contributed by atoms with Crippen LogP contribution in [0.1, 0.15) is 74.4 Å². The lowest BCUT2D eigenvalue weighted by Gasteiger charge is -2.51. The fourth-order valence-electron chi connectivity index (χ4n) is 8.23. The SMILES string of the molecule is C=S1(=O)NC(=O)c2ccc3c(c2)N(C[C@@H]2CC[C@H]2[C@](OC)([C@H](C)O)/C=C/C[C@H](C)[C@H]1C)C[C@@]1(CCCc2cc(Cl)ccc21)CO3. The highest BCUT2D eigenvalue weighted by Crippen LogP contribution is 2.49. The monoisotopic (exact) mass is 654 g/mol. The number of aryl methyl sites for hydroxylation is 1. The number of aliphatic hydroxyl groups excluding tert-OH is 1. The minimum atomic E-state index is -2.97. The third-order valence-electron chi connectivity index (χ3n) is 11.3. The molecule has 2 bridgehead atoms. The second kappa shape index (κ2) is 12.3. The third-order valence-corrected chi connectivity index (χ3v) is 13.7. The van der Waals surface area contributed by atoms with Crippen molar-refractivity contribution in [3.8, 4) is 5.75 Å². The Morgan fingerprint density at radius 3 is 2.73 bits per heavy atom. The van der Waals surface area contributed by atoms with Crippen LogP contribution in [-0.4, -0.2) is 64.9 Å². The molecule has 1 unspecified atom stereocenters. The van der Waals surface area contributed by atoms with Crippen LogP contribution in [0, 0.1) is 17.8 Å². The normalized spacial score (nSPS) is 36.4. The van der Waals surface area contributed by atoms with Crippen molar-refractivity contribution in [2.45, 2.75) is 81.7 Å². The Morgan fingerprint density at radius 2 is 2.02 bits per heavy atom. The van der Waals surface area contributed by atoms with E-state index in [9.17, 15) is 14.1 Å². The van der Waals surface area contributed by atoms with E-state index in [4.69, 9.17) is 21.1 Å². The number of nitrogens with one attached hydrogen (secondary N) is 1. The van der Waals surface area contributed by atoms with Gasteiger partial charge < -0.3 is 19.5 Å². The van der Waals surface area contributed by atoms with Crippen molar-refractivity contribution < 1.29 is 23.6 Å². The Bertz CT molecular complexity index is 1590. The van der Waals surface area contributed by atoms with Crippen LogP contribution in [0.2, 0.25) is 5.02 Å². The first-order chi connectivity index (χ1) is 21.4. The Labute approximate surface area is 273 Å². The van der Waals surface area contributed by atoms with Crippen molar-refractivity contribution in [2.75, 3.05) is 31.7 Å². The molecule has 7 nitrogen and oxygen atoms in total. The largest absolute Gasteiger partial charge is 0.490 e. The smallest absolute Gasteiger partial charge is 0.262 e. The Hall–Kier alpha value is -2.52. The topological polar surface area (TPSA) is 88.1 Å². The standard InChI is InChI=1S/C36H47ClN2O5S/c1-23-8-6-17-36(43-4,25(3)40)31-13-10-28(31)20-39-21-35(16-7-9-26-18-29(37)12-14-30(26)35)22-44-33-15-11-27(19-32(33)39)34(41)38-45(5,42)24(23)2/h6,11-12,14-15,17-19,23-25,28,31,40H,5,7-10,13,16,20-22H2,1-4H3,(H,38,41,42)/b17-6+/t23-,24+,25-,28-,31+,35-,36+,45?/m0/s1. The van der Waals surface area contributed by atoms with Crippen LogP contribution in [0.3, 0.4) is 0 Å². The van der Waals surface area contributed by atoms with Crippen LogP contribution in [0.25, 0.3) is 0 Å². The first-order valence-electron chi connectivity index (χ1n) is 16.3. The maximum absolute atomic E-state index is 13.8. The summed E-state index contributed by atoms with van der Waals surface area (Å²) in [6, 6.07) is 11.7. The van der Waals surface area contributed by atoms with Gasteiger partial charge in [-0.25, -0.2) is 4.21 Å². The summed E-state index contributed by atoms with van der Waals surface area (Å²) in [6.45, 7) is 7.66. The van der Waals surface area contributed by atoms with Gasteiger partial charge in [-0.2, -0.15) is 0 Å². The maximum Gasteiger partial charge on any atom is 0.262 e. The highest BCUT2D eigenvalue weighted by molar-refractivity contribution is 7.99. The van der Waals surface area contributed by atoms with E-state index in [-0.39, 0.29) is 28.4 Å². The van der Waals surface area contributed by atoms with Gasteiger partial charge in [0.05, 0.1) is 28.1 Å². The molecule has 8 atom stereocenters. The van der Waals surface area contributed by atoms with Gasteiger partial charge in [-0.1, -0.05) is 36.7 Å². The zero-order valence-corrected chi connectivity index (χ0v) is 28.5. The Kier molecular flexibility index (Phi) is 8.83. The molecule has 2 N–H and O–H groups in total. The summed E-state index contributed by atoms with van der Waals surface area (Å²) in [5, 5.41) is 11.6. The van der Waals surface area contributed by atoms with Crippen molar-refractivity contribution in [2.24, 2.45) is 17.8 Å². The zero-order valence-electron chi connectivity index (χ0n) is 26.9. The van der Waals surface area contributed by atoms with Gasteiger partial charge in [-0.05, 0) is 117 Å². The highest BCUT2D eigenvalue weighted by atomic mass is 35.5. The number of hydrogen-bond acceptors (Lipinski definition) is 6. The number of anilines is 1. The van der Waals surface area contributed by atoms with Crippen molar-refractivity contribution in [3.05, 3.63) is 70.3 Å². The predicted octanol–water partition coefficient (Wildman–Crippen LogP) is 5.95. The zero-order chi connectivity index (χ0) is 32.1. The Balaban J connectivity index is 1.47. The number of allylic oxidation sites excluding steroid dienone is 1. The predicted molar refractivity (Wildman–Crippen MR) is 183 cm³/mol. The number of methoxy groups -OCH3 is 1. The molecule has 1 saturated carbocycles. The number of fused-ring (bicyclic) bond motifs is 4. The lowest BCUT2D eigenvalue weighted by atomic mass is 9.62. The summed E-state index contributed by atoms with van der Waals surface area (Å²) in [6.07, 6.45) is 8.94. The van der Waals surface area contributed by atoms with Gasteiger partial charge in [0.15, 0.2) is 0 Å². The van der Waals surface area contributed by atoms with Crippen LogP contribution >= 0.6 is 11.6 Å². The number of benzene rings is 2. The van der Waals surface area contributed by atoms with E-state index in [1.54, 1.807) is 13.2 Å². The molecule has 4 aliphatic rings. The molecular weight excluding hydrogens is 608 g/mol. The molecule has 1 fully saturated rings. The molecular formula is C36H47ClN2O5S. The molecule has 0 radical (unpaired) electrons. The van der Waals surface area contributed by atoms with E-state index in [1.807, 2.05) is 45.0 Å². The van der Waals surface area contributed by atoms with E-state index in [0.717, 1.165) is 55.1 Å². The van der Waals surface area contributed by atoms with E-state index in [1.165, 1.54) is 11.1 Å². The van der Waals surface area contributed by atoms with Crippen LogP contribution in [-0.2, 0) is 26.3 Å². The molecule has 2 aliphatic carbocycles.